The smallest absolute Gasteiger partial charge is 0.140 e. The quantitative estimate of drug-likeness (QED) is 0.720. The molecule has 2 rings (SSSR count). The second kappa shape index (κ2) is 7.02. The SMILES string of the molecule is CC(C)CNCCC1(Oc2cc(Cl)ccc2Cl)CCC1. The molecule has 0 heterocycles. The highest BCUT2D eigenvalue weighted by molar-refractivity contribution is 6.34. The van der Waals surface area contributed by atoms with Crippen molar-refractivity contribution in [2.24, 2.45) is 5.92 Å². The molecule has 1 aliphatic carbocycles. The summed E-state index contributed by atoms with van der Waals surface area (Å²) in [4.78, 5) is 0. The molecule has 1 aromatic carbocycles. The Kier molecular flexibility index (Phi) is 5.59. The van der Waals surface area contributed by atoms with Gasteiger partial charge in [-0.05, 0) is 56.8 Å². The monoisotopic (exact) mass is 315 g/mol. The van der Waals surface area contributed by atoms with E-state index in [1.165, 1.54) is 6.42 Å². The third kappa shape index (κ3) is 4.28. The summed E-state index contributed by atoms with van der Waals surface area (Å²) in [5, 5.41) is 4.78. The number of benzene rings is 1. The van der Waals surface area contributed by atoms with Crippen LogP contribution in [0.3, 0.4) is 0 Å². The van der Waals surface area contributed by atoms with E-state index in [1.54, 1.807) is 12.1 Å². The molecular formula is C16H23Cl2NO. The first-order valence-electron chi connectivity index (χ1n) is 7.35. The van der Waals surface area contributed by atoms with E-state index in [-0.39, 0.29) is 5.60 Å². The maximum absolute atomic E-state index is 6.20. The molecule has 112 valence electrons. The van der Waals surface area contributed by atoms with Crippen LogP contribution in [0.2, 0.25) is 10.0 Å². The van der Waals surface area contributed by atoms with E-state index >= 15 is 0 Å². The third-order valence-electron chi connectivity index (χ3n) is 3.79. The number of hydrogen-bond acceptors (Lipinski definition) is 2. The van der Waals surface area contributed by atoms with Gasteiger partial charge in [-0.2, -0.15) is 0 Å². The van der Waals surface area contributed by atoms with E-state index in [1.807, 2.05) is 6.07 Å². The standard InChI is InChI=1S/C16H23Cl2NO/c1-12(2)11-19-9-8-16(6-3-7-16)20-15-10-13(17)4-5-14(15)18/h4-5,10,12,19H,3,6-9,11H2,1-2H3. The molecule has 0 atom stereocenters. The highest BCUT2D eigenvalue weighted by Crippen LogP contribution is 2.41. The lowest BCUT2D eigenvalue weighted by molar-refractivity contribution is -0.0142. The maximum Gasteiger partial charge on any atom is 0.140 e. The van der Waals surface area contributed by atoms with Gasteiger partial charge in [0.15, 0.2) is 0 Å². The Labute approximate surface area is 131 Å². The van der Waals surface area contributed by atoms with Gasteiger partial charge >= 0.3 is 0 Å². The van der Waals surface area contributed by atoms with Crippen molar-refractivity contribution in [1.29, 1.82) is 0 Å². The topological polar surface area (TPSA) is 21.3 Å². The van der Waals surface area contributed by atoms with E-state index in [0.29, 0.717) is 21.7 Å². The average Bonchev–Trinajstić information content (AvgIpc) is 2.35. The summed E-state index contributed by atoms with van der Waals surface area (Å²) in [5.74, 6) is 1.39. The zero-order chi connectivity index (χ0) is 14.6. The van der Waals surface area contributed by atoms with Crippen molar-refractivity contribution < 1.29 is 4.74 Å². The summed E-state index contributed by atoms with van der Waals surface area (Å²) in [6, 6.07) is 5.39. The molecule has 0 saturated heterocycles. The molecule has 0 aromatic heterocycles. The van der Waals surface area contributed by atoms with E-state index in [9.17, 15) is 0 Å². The summed E-state index contributed by atoms with van der Waals surface area (Å²) in [5.41, 5.74) is -0.0572. The van der Waals surface area contributed by atoms with Gasteiger partial charge in [-0.25, -0.2) is 0 Å². The fraction of sp³-hybridized carbons (Fsp3) is 0.625. The summed E-state index contributed by atoms with van der Waals surface area (Å²) >= 11 is 12.2. The number of nitrogens with one attached hydrogen (secondary N) is 1. The normalized spacial score (nSPS) is 17.1. The van der Waals surface area contributed by atoms with Crippen LogP contribution in [0.1, 0.15) is 39.5 Å². The van der Waals surface area contributed by atoms with E-state index in [0.717, 1.165) is 32.4 Å². The molecule has 20 heavy (non-hydrogen) atoms. The van der Waals surface area contributed by atoms with Crippen LogP contribution < -0.4 is 10.1 Å². The largest absolute Gasteiger partial charge is 0.486 e. The van der Waals surface area contributed by atoms with Gasteiger partial charge in [0.1, 0.15) is 11.4 Å². The first-order valence-corrected chi connectivity index (χ1v) is 8.11. The molecule has 4 heteroatoms. The van der Waals surface area contributed by atoms with Crippen LogP contribution in [0, 0.1) is 5.92 Å². The molecular weight excluding hydrogens is 293 g/mol. The fourth-order valence-electron chi connectivity index (χ4n) is 2.47. The molecule has 2 nitrogen and oxygen atoms in total. The highest BCUT2D eigenvalue weighted by atomic mass is 35.5. The first kappa shape index (κ1) is 15.9. The van der Waals surface area contributed by atoms with E-state index in [2.05, 4.69) is 19.2 Å². The van der Waals surface area contributed by atoms with Gasteiger partial charge < -0.3 is 10.1 Å². The predicted molar refractivity (Wildman–Crippen MR) is 86.0 cm³/mol. The Balaban J connectivity index is 1.92. The van der Waals surface area contributed by atoms with Crippen LogP contribution >= 0.6 is 23.2 Å². The molecule has 0 radical (unpaired) electrons. The molecule has 1 aromatic rings. The Morgan fingerprint density at radius 2 is 2.05 bits per heavy atom. The van der Waals surface area contributed by atoms with Crippen molar-refractivity contribution in [3.8, 4) is 5.75 Å². The van der Waals surface area contributed by atoms with Gasteiger partial charge in [0.25, 0.3) is 0 Å². The fourth-order valence-corrected chi connectivity index (χ4v) is 2.79. The molecule has 0 aliphatic heterocycles. The van der Waals surface area contributed by atoms with Gasteiger partial charge in [0.05, 0.1) is 5.02 Å². The number of halogens is 2. The summed E-state index contributed by atoms with van der Waals surface area (Å²) in [6.45, 7) is 6.47. The van der Waals surface area contributed by atoms with Crippen molar-refractivity contribution in [3.05, 3.63) is 28.2 Å². The minimum Gasteiger partial charge on any atom is -0.486 e. The molecule has 1 aliphatic rings. The van der Waals surface area contributed by atoms with Crippen LogP contribution in [-0.2, 0) is 0 Å². The lowest BCUT2D eigenvalue weighted by atomic mass is 9.77. The maximum atomic E-state index is 6.20. The van der Waals surface area contributed by atoms with Gasteiger partial charge in [0.2, 0.25) is 0 Å². The zero-order valence-electron chi connectivity index (χ0n) is 12.2. The van der Waals surface area contributed by atoms with E-state index < -0.39 is 0 Å². The Hall–Kier alpha value is -0.440. The Bertz CT molecular complexity index is 444. The summed E-state index contributed by atoms with van der Waals surface area (Å²) in [7, 11) is 0. The van der Waals surface area contributed by atoms with Gasteiger partial charge in [-0.1, -0.05) is 37.0 Å². The lowest BCUT2D eigenvalue weighted by Crippen LogP contribution is -2.45. The lowest BCUT2D eigenvalue weighted by Gasteiger charge is -2.42. The van der Waals surface area contributed by atoms with Gasteiger partial charge in [-0.15, -0.1) is 0 Å². The molecule has 0 unspecified atom stereocenters. The first-order chi connectivity index (χ1) is 9.51. The Morgan fingerprint density at radius 1 is 1.30 bits per heavy atom. The molecule has 1 fully saturated rings. The van der Waals surface area contributed by atoms with Crippen LogP contribution in [0.5, 0.6) is 5.75 Å². The van der Waals surface area contributed by atoms with Crippen molar-refractivity contribution in [1.82, 2.24) is 5.32 Å². The van der Waals surface area contributed by atoms with Crippen molar-refractivity contribution in [3.63, 3.8) is 0 Å². The molecule has 1 N–H and O–H groups in total. The number of ether oxygens (including phenoxy) is 1. The molecule has 0 spiro atoms. The third-order valence-corrected chi connectivity index (χ3v) is 4.34. The average molecular weight is 316 g/mol. The highest BCUT2D eigenvalue weighted by Gasteiger charge is 2.39. The van der Waals surface area contributed by atoms with Crippen molar-refractivity contribution >= 4 is 23.2 Å². The van der Waals surface area contributed by atoms with Crippen LogP contribution in [0.25, 0.3) is 0 Å². The minimum atomic E-state index is -0.0572. The number of rotatable bonds is 7. The minimum absolute atomic E-state index is 0.0572. The second-order valence-electron chi connectivity index (χ2n) is 6.06. The van der Waals surface area contributed by atoms with Crippen molar-refractivity contribution in [2.75, 3.05) is 13.1 Å². The summed E-state index contributed by atoms with van der Waals surface area (Å²) < 4.78 is 6.20. The van der Waals surface area contributed by atoms with Crippen LogP contribution in [0.4, 0.5) is 0 Å². The number of hydrogen-bond donors (Lipinski definition) is 1. The van der Waals surface area contributed by atoms with E-state index in [4.69, 9.17) is 27.9 Å². The second-order valence-corrected chi connectivity index (χ2v) is 6.90. The molecule has 0 amide bonds. The Morgan fingerprint density at radius 3 is 2.65 bits per heavy atom. The van der Waals surface area contributed by atoms with Gasteiger partial charge in [-0.3, -0.25) is 0 Å². The zero-order valence-corrected chi connectivity index (χ0v) is 13.7. The molecule has 1 saturated carbocycles. The predicted octanol–water partition coefficient (Wildman–Crippen LogP) is 4.93. The van der Waals surface area contributed by atoms with Crippen molar-refractivity contribution in [2.45, 2.75) is 45.1 Å². The van der Waals surface area contributed by atoms with Crippen LogP contribution in [0.15, 0.2) is 18.2 Å². The summed E-state index contributed by atoms with van der Waals surface area (Å²) in [6.07, 6.45) is 4.43. The van der Waals surface area contributed by atoms with Crippen LogP contribution in [-0.4, -0.2) is 18.7 Å². The molecule has 0 bridgehead atoms. The van der Waals surface area contributed by atoms with Gasteiger partial charge in [0, 0.05) is 11.1 Å².